The van der Waals surface area contributed by atoms with Gasteiger partial charge in [-0.15, -0.1) is 0 Å². The molecule has 0 fully saturated rings. The van der Waals surface area contributed by atoms with Crippen molar-refractivity contribution >= 4 is 17.9 Å². The van der Waals surface area contributed by atoms with Gasteiger partial charge in [-0.3, -0.25) is 0 Å². The van der Waals surface area contributed by atoms with Gasteiger partial charge in [0.05, 0.1) is 6.61 Å². The number of hydrogen-bond acceptors (Lipinski definition) is 2. The first-order chi connectivity index (χ1) is 6.31. The summed E-state index contributed by atoms with van der Waals surface area (Å²) in [5.41, 5.74) is 0.950. The molecule has 2 nitrogen and oxygen atoms in total. The average Bonchev–Trinajstić information content (AvgIpc) is 2.16. The lowest BCUT2D eigenvalue weighted by atomic mass is 9.95. The normalized spacial score (nSPS) is 20.2. The predicted molar refractivity (Wildman–Crippen MR) is 50.4 cm³/mol. The van der Waals surface area contributed by atoms with Crippen molar-refractivity contribution in [2.75, 3.05) is 6.61 Å². The summed E-state index contributed by atoms with van der Waals surface area (Å²) in [6, 6.07) is 5.40. The summed E-state index contributed by atoms with van der Waals surface area (Å²) < 4.78 is 5.39. The highest BCUT2D eigenvalue weighted by Gasteiger charge is 2.20. The zero-order valence-corrected chi connectivity index (χ0v) is 7.75. The van der Waals surface area contributed by atoms with Gasteiger partial charge in [0.1, 0.15) is 12.0 Å². The van der Waals surface area contributed by atoms with Crippen LogP contribution in [-0.4, -0.2) is 12.9 Å². The van der Waals surface area contributed by atoms with Gasteiger partial charge < -0.3 is 9.53 Å². The third-order valence-corrected chi connectivity index (χ3v) is 2.46. The lowest BCUT2D eigenvalue weighted by Crippen LogP contribution is -2.14. The van der Waals surface area contributed by atoms with E-state index >= 15 is 0 Å². The van der Waals surface area contributed by atoms with E-state index in [0.29, 0.717) is 11.6 Å². The highest BCUT2D eigenvalue weighted by Crippen LogP contribution is 2.34. The highest BCUT2D eigenvalue weighted by molar-refractivity contribution is 6.30. The second-order valence-electron chi connectivity index (χ2n) is 3.06. The van der Waals surface area contributed by atoms with E-state index in [4.69, 9.17) is 16.3 Å². The highest BCUT2D eigenvalue weighted by atomic mass is 35.5. The number of carbonyl (C=O) groups excluding carboxylic acids is 1. The van der Waals surface area contributed by atoms with E-state index in [2.05, 4.69) is 0 Å². The maximum Gasteiger partial charge on any atom is 0.127 e. The van der Waals surface area contributed by atoms with Gasteiger partial charge in [-0.25, -0.2) is 0 Å². The van der Waals surface area contributed by atoms with Crippen LogP contribution in [0.25, 0.3) is 0 Å². The number of carbonyl (C=O) groups is 1. The molecule has 1 atom stereocenters. The number of hydrogen-bond donors (Lipinski definition) is 0. The van der Waals surface area contributed by atoms with Crippen LogP contribution in [-0.2, 0) is 4.79 Å². The molecule has 1 aromatic rings. The summed E-state index contributed by atoms with van der Waals surface area (Å²) in [5.74, 6) is 0.719. The van der Waals surface area contributed by atoms with Gasteiger partial charge >= 0.3 is 0 Å². The molecule has 2 rings (SSSR count). The second-order valence-corrected chi connectivity index (χ2v) is 3.50. The summed E-state index contributed by atoms with van der Waals surface area (Å²) in [5, 5.41) is 0.644. The van der Waals surface area contributed by atoms with Gasteiger partial charge in [-0.05, 0) is 18.6 Å². The Labute approximate surface area is 81.5 Å². The quantitative estimate of drug-likeness (QED) is 0.645. The van der Waals surface area contributed by atoms with Crippen molar-refractivity contribution in [3.05, 3.63) is 28.8 Å². The fourth-order valence-corrected chi connectivity index (χ4v) is 1.69. The first-order valence-electron chi connectivity index (χ1n) is 4.19. The molecular formula is C10H9ClO2. The van der Waals surface area contributed by atoms with Gasteiger partial charge in [0.2, 0.25) is 0 Å². The van der Waals surface area contributed by atoms with E-state index in [1.165, 1.54) is 0 Å². The number of aldehydes is 1. The van der Waals surface area contributed by atoms with Crippen LogP contribution in [0.3, 0.4) is 0 Å². The maximum atomic E-state index is 10.7. The summed E-state index contributed by atoms with van der Waals surface area (Å²) in [6.45, 7) is 0.594. The van der Waals surface area contributed by atoms with E-state index in [1.807, 2.05) is 6.07 Å². The van der Waals surface area contributed by atoms with Gasteiger partial charge in [0.25, 0.3) is 0 Å². The minimum atomic E-state index is -0.0268. The summed E-state index contributed by atoms with van der Waals surface area (Å²) in [4.78, 5) is 10.7. The molecule has 1 aromatic carbocycles. The lowest BCUT2D eigenvalue weighted by Gasteiger charge is -2.21. The minimum Gasteiger partial charge on any atom is -0.493 e. The predicted octanol–water partition coefficient (Wildman–Crippen LogP) is 2.41. The largest absolute Gasteiger partial charge is 0.493 e. The zero-order valence-electron chi connectivity index (χ0n) is 7.00. The van der Waals surface area contributed by atoms with Crippen molar-refractivity contribution < 1.29 is 9.53 Å². The van der Waals surface area contributed by atoms with Crippen molar-refractivity contribution in [3.8, 4) is 5.75 Å². The van der Waals surface area contributed by atoms with Crippen LogP contribution >= 0.6 is 11.6 Å². The van der Waals surface area contributed by atoms with Gasteiger partial charge in [0, 0.05) is 16.5 Å². The Balaban J connectivity index is 2.45. The smallest absolute Gasteiger partial charge is 0.127 e. The standard InChI is InChI=1S/C10H9ClO2/c11-8-1-2-9-7(6-12)3-4-13-10(9)5-8/h1-2,5-7H,3-4H2. The Kier molecular flexibility index (Phi) is 2.23. The van der Waals surface area contributed by atoms with E-state index < -0.39 is 0 Å². The molecule has 0 N–H and O–H groups in total. The molecule has 13 heavy (non-hydrogen) atoms. The monoisotopic (exact) mass is 196 g/mol. The molecular weight excluding hydrogens is 188 g/mol. The number of fused-ring (bicyclic) bond motifs is 1. The number of ether oxygens (including phenoxy) is 1. The van der Waals surface area contributed by atoms with Crippen molar-refractivity contribution in [3.63, 3.8) is 0 Å². The Morgan fingerprint density at radius 1 is 1.54 bits per heavy atom. The molecule has 1 unspecified atom stereocenters. The third kappa shape index (κ3) is 1.54. The minimum absolute atomic E-state index is 0.0268. The van der Waals surface area contributed by atoms with Crippen molar-refractivity contribution in [1.82, 2.24) is 0 Å². The average molecular weight is 197 g/mol. The molecule has 0 aliphatic carbocycles. The fraction of sp³-hybridized carbons (Fsp3) is 0.300. The first kappa shape index (κ1) is 8.57. The van der Waals surface area contributed by atoms with Crippen molar-refractivity contribution in [1.29, 1.82) is 0 Å². The molecule has 0 amide bonds. The molecule has 0 spiro atoms. The van der Waals surface area contributed by atoms with Crippen LogP contribution in [0.5, 0.6) is 5.75 Å². The van der Waals surface area contributed by atoms with Crippen LogP contribution in [0.2, 0.25) is 5.02 Å². The summed E-state index contributed by atoms with van der Waals surface area (Å²) in [7, 11) is 0. The third-order valence-electron chi connectivity index (χ3n) is 2.23. The van der Waals surface area contributed by atoms with Crippen LogP contribution in [0.4, 0.5) is 0 Å². The Morgan fingerprint density at radius 3 is 3.15 bits per heavy atom. The molecule has 0 saturated heterocycles. The molecule has 0 radical (unpaired) electrons. The topological polar surface area (TPSA) is 26.3 Å². The molecule has 1 heterocycles. The first-order valence-corrected chi connectivity index (χ1v) is 4.56. The number of benzene rings is 1. The Morgan fingerprint density at radius 2 is 2.38 bits per heavy atom. The van der Waals surface area contributed by atoms with E-state index in [1.54, 1.807) is 12.1 Å². The molecule has 3 heteroatoms. The van der Waals surface area contributed by atoms with Gasteiger partial charge in [-0.1, -0.05) is 17.7 Å². The second kappa shape index (κ2) is 3.38. The number of halogens is 1. The SMILES string of the molecule is O=CC1CCOc2cc(Cl)ccc21. The van der Waals surface area contributed by atoms with Crippen LogP contribution in [0, 0.1) is 0 Å². The van der Waals surface area contributed by atoms with E-state index in [0.717, 1.165) is 24.0 Å². The maximum absolute atomic E-state index is 10.7. The fourth-order valence-electron chi connectivity index (χ4n) is 1.53. The number of rotatable bonds is 1. The molecule has 0 saturated carbocycles. The van der Waals surface area contributed by atoms with Gasteiger partial charge in [0.15, 0.2) is 0 Å². The Bertz CT molecular complexity index is 336. The van der Waals surface area contributed by atoms with Crippen molar-refractivity contribution in [2.24, 2.45) is 0 Å². The van der Waals surface area contributed by atoms with Crippen molar-refractivity contribution in [2.45, 2.75) is 12.3 Å². The van der Waals surface area contributed by atoms with Crippen LogP contribution in [0.15, 0.2) is 18.2 Å². The molecule has 1 aliphatic rings. The van der Waals surface area contributed by atoms with Crippen LogP contribution < -0.4 is 4.74 Å². The summed E-state index contributed by atoms with van der Waals surface area (Å²) >= 11 is 5.80. The molecule has 0 aromatic heterocycles. The van der Waals surface area contributed by atoms with E-state index in [9.17, 15) is 4.79 Å². The molecule has 1 aliphatic heterocycles. The molecule has 68 valence electrons. The van der Waals surface area contributed by atoms with Crippen LogP contribution in [0.1, 0.15) is 17.9 Å². The van der Waals surface area contributed by atoms with E-state index in [-0.39, 0.29) is 5.92 Å². The lowest BCUT2D eigenvalue weighted by molar-refractivity contribution is -0.109. The summed E-state index contributed by atoms with van der Waals surface area (Å²) in [6.07, 6.45) is 1.73. The Hall–Kier alpha value is -1.02. The zero-order chi connectivity index (χ0) is 9.26. The van der Waals surface area contributed by atoms with Gasteiger partial charge in [-0.2, -0.15) is 0 Å². The molecule has 0 bridgehead atoms.